The van der Waals surface area contributed by atoms with Crippen LogP contribution in [0, 0.1) is 11.8 Å². The van der Waals surface area contributed by atoms with Gasteiger partial charge in [0.25, 0.3) is 0 Å². The molecule has 5 nitrogen and oxygen atoms in total. The highest BCUT2D eigenvalue weighted by atomic mass is 32.2. The van der Waals surface area contributed by atoms with E-state index < -0.39 is 0 Å². The van der Waals surface area contributed by atoms with Crippen molar-refractivity contribution in [2.75, 3.05) is 18.6 Å². The first-order valence-corrected chi connectivity index (χ1v) is 7.92. The van der Waals surface area contributed by atoms with Crippen molar-refractivity contribution in [3.8, 4) is 0 Å². The summed E-state index contributed by atoms with van der Waals surface area (Å²) >= 11 is 1.86. The third-order valence-electron chi connectivity index (χ3n) is 2.71. The van der Waals surface area contributed by atoms with E-state index in [1.807, 2.05) is 16.4 Å². The average Bonchev–Trinajstić information content (AvgIpc) is 2.74. The van der Waals surface area contributed by atoms with E-state index in [0.717, 1.165) is 24.7 Å². The SMILES string of the molecule is CSCC(C)Cn1nnnc1C(C)NCC(C)C. The average molecular weight is 271 g/mol. The Kier molecular flexibility index (Phi) is 6.63. The number of nitrogens with one attached hydrogen (secondary N) is 1. The predicted molar refractivity (Wildman–Crippen MR) is 76.6 cm³/mol. The predicted octanol–water partition coefficient (Wildman–Crippen LogP) is 1.98. The van der Waals surface area contributed by atoms with Crippen molar-refractivity contribution >= 4 is 11.8 Å². The second-order valence-electron chi connectivity index (χ2n) is 5.30. The highest BCUT2D eigenvalue weighted by Gasteiger charge is 2.15. The van der Waals surface area contributed by atoms with Gasteiger partial charge < -0.3 is 5.32 Å². The third kappa shape index (κ3) is 4.94. The summed E-state index contributed by atoms with van der Waals surface area (Å²) in [5.41, 5.74) is 0. The normalized spacial score (nSPS) is 15.0. The van der Waals surface area contributed by atoms with Crippen molar-refractivity contribution in [1.29, 1.82) is 0 Å². The maximum absolute atomic E-state index is 4.14. The molecule has 2 atom stereocenters. The number of hydrogen-bond donors (Lipinski definition) is 1. The minimum atomic E-state index is 0.198. The summed E-state index contributed by atoms with van der Waals surface area (Å²) in [5.74, 6) is 3.28. The molecule has 0 spiro atoms. The molecule has 1 rings (SSSR count). The Hall–Kier alpha value is -0.620. The molecule has 1 N–H and O–H groups in total. The zero-order valence-corrected chi connectivity index (χ0v) is 12.9. The molecule has 0 aliphatic rings. The summed E-state index contributed by atoms with van der Waals surface area (Å²) in [6, 6.07) is 0.198. The van der Waals surface area contributed by atoms with Crippen LogP contribution >= 0.6 is 11.8 Å². The zero-order valence-electron chi connectivity index (χ0n) is 12.1. The molecule has 2 unspecified atom stereocenters. The molecule has 104 valence electrons. The fourth-order valence-corrected chi connectivity index (χ4v) is 2.46. The molecule has 0 aromatic carbocycles. The van der Waals surface area contributed by atoms with E-state index in [-0.39, 0.29) is 6.04 Å². The van der Waals surface area contributed by atoms with Gasteiger partial charge >= 0.3 is 0 Å². The number of thioether (sulfide) groups is 1. The molecule has 0 saturated carbocycles. The lowest BCUT2D eigenvalue weighted by Crippen LogP contribution is -2.27. The number of tetrazole rings is 1. The first kappa shape index (κ1) is 15.4. The molecule has 6 heteroatoms. The number of aromatic nitrogens is 4. The Morgan fingerprint density at radius 1 is 1.28 bits per heavy atom. The molecule has 0 fully saturated rings. The number of nitrogens with zero attached hydrogens (tertiary/aromatic N) is 4. The van der Waals surface area contributed by atoms with Gasteiger partial charge in [-0.05, 0) is 47.7 Å². The van der Waals surface area contributed by atoms with E-state index in [1.165, 1.54) is 0 Å². The maximum atomic E-state index is 4.14. The molecule has 0 aliphatic heterocycles. The van der Waals surface area contributed by atoms with Crippen LogP contribution in [0.5, 0.6) is 0 Å². The van der Waals surface area contributed by atoms with Gasteiger partial charge in [-0.15, -0.1) is 5.10 Å². The van der Waals surface area contributed by atoms with Crippen molar-refractivity contribution in [3.63, 3.8) is 0 Å². The highest BCUT2D eigenvalue weighted by molar-refractivity contribution is 7.98. The van der Waals surface area contributed by atoms with E-state index in [4.69, 9.17) is 0 Å². The van der Waals surface area contributed by atoms with Gasteiger partial charge in [0.15, 0.2) is 5.82 Å². The molecular formula is C12H25N5S. The van der Waals surface area contributed by atoms with Crippen LogP contribution in [0.1, 0.15) is 39.6 Å². The fraction of sp³-hybridized carbons (Fsp3) is 0.917. The Labute approximate surface area is 114 Å². The zero-order chi connectivity index (χ0) is 13.5. The molecule has 1 heterocycles. The fourth-order valence-electron chi connectivity index (χ4n) is 1.79. The number of hydrogen-bond acceptors (Lipinski definition) is 5. The maximum Gasteiger partial charge on any atom is 0.167 e. The minimum Gasteiger partial charge on any atom is -0.307 e. The molecule has 0 radical (unpaired) electrons. The summed E-state index contributed by atoms with van der Waals surface area (Å²) in [6.07, 6.45) is 2.13. The minimum absolute atomic E-state index is 0.198. The second-order valence-corrected chi connectivity index (χ2v) is 6.21. The van der Waals surface area contributed by atoms with Gasteiger partial charge in [-0.2, -0.15) is 11.8 Å². The molecule has 0 amide bonds. The van der Waals surface area contributed by atoms with Crippen LogP contribution in [0.2, 0.25) is 0 Å². The highest BCUT2D eigenvalue weighted by Crippen LogP contribution is 2.12. The van der Waals surface area contributed by atoms with Crippen LogP contribution in [0.15, 0.2) is 0 Å². The Bertz CT molecular complexity index is 339. The van der Waals surface area contributed by atoms with Gasteiger partial charge in [-0.1, -0.05) is 20.8 Å². The summed E-state index contributed by atoms with van der Waals surface area (Å²) in [5, 5.41) is 15.5. The van der Waals surface area contributed by atoms with E-state index in [2.05, 4.69) is 54.8 Å². The van der Waals surface area contributed by atoms with E-state index in [9.17, 15) is 0 Å². The molecular weight excluding hydrogens is 246 g/mol. The topological polar surface area (TPSA) is 55.6 Å². The van der Waals surface area contributed by atoms with Crippen LogP contribution in [-0.4, -0.2) is 38.8 Å². The lowest BCUT2D eigenvalue weighted by atomic mass is 10.2. The molecule has 1 aromatic heterocycles. The van der Waals surface area contributed by atoms with Gasteiger partial charge in [0, 0.05) is 6.54 Å². The van der Waals surface area contributed by atoms with Crippen LogP contribution < -0.4 is 5.32 Å². The van der Waals surface area contributed by atoms with Gasteiger partial charge in [0.05, 0.1) is 6.04 Å². The van der Waals surface area contributed by atoms with E-state index >= 15 is 0 Å². The molecule has 0 aliphatic carbocycles. The van der Waals surface area contributed by atoms with Crippen LogP contribution in [-0.2, 0) is 6.54 Å². The number of rotatable bonds is 8. The van der Waals surface area contributed by atoms with Crippen molar-refractivity contribution < 1.29 is 0 Å². The van der Waals surface area contributed by atoms with Gasteiger partial charge in [-0.3, -0.25) is 0 Å². The van der Waals surface area contributed by atoms with Crippen molar-refractivity contribution in [1.82, 2.24) is 25.5 Å². The van der Waals surface area contributed by atoms with E-state index in [1.54, 1.807) is 0 Å². The Morgan fingerprint density at radius 2 is 2.00 bits per heavy atom. The first-order chi connectivity index (χ1) is 8.54. The lowest BCUT2D eigenvalue weighted by Gasteiger charge is -2.16. The smallest absolute Gasteiger partial charge is 0.167 e. The van der Waals surface area contributed by atoms with E-state index in [0.29, 0.717) is 11.8 Å². The first-order valence-electron chi connectivity index (χ1n) is 6.53. The van der Waals surface area contributed by atoms with Gasteiger partial charge in [0.1, 0.15) is 0 Å². The molecule has 1 aromatic rings. The summed E-state index contributed by atoms with van der Waals surface area (Å²) in [7, 11) is 0. The van der Waals surface area contributed by atoms with Crippen LogP contribution in [0.3, 0.4) is 0 Å². The second kappa shape index (κ2) is 7.74. The third-order valence-corrected chi connectivity index (χ3v) is 3.62. The largest absolute Gasteiger partial charge is 0.307 e. The van der Waals surface area contributed by atoms with Crippen molar-refractivity contribution in [2.45, 2.75) is 40.3 Å². The summed E-state index contributed by atoms with van der Waals surface area (Å²) < 4.78 is 1.93. The van der Waals surface area contributed by atoms with Crippen LogP contribution in [0.25, 0.3) is 0 Å². The quantitative estimate of drug-likeness (QED) is 0.783. The standard InChI is InChI=1S/C12H25N5S/c1-9(2)6-13-11(4)12-14-15-16-17(12)7-10(3)8-18-5/h9-11,13H,6-8H2,1-5H3. The molecule has 0 bridgehead atoms. The lowest BCUT2D eigenvalue weighted by molar-refractivity contribution is 0.421. The molecule has 0 saturated heterocycles. The Morgan fingerprint density at radius 3 is 2.61 bits per heavy atom. The Balaban J connectivity index is 2.58. The molecule has 18 heavy (non-hydrogen) atoms. The van der Waals surface area contributed by atoms with Crippen molar-refractivity contribution in [2.24, 2.45) is 11.8 Å². The summed E-state index contributed by atoms with van der Waals surface area (Å²) in [6.45, 7) is 10.6. The monoisotopic (exact) mass is 271 g/mol. The van der Waals surface area contributed by atoms with Gasteiger partial charge in [-0.25, -0.2) is 4.68 Å². The van der Waals surface area contributed by atoms with Gasteiger partial charge in [0.2, 0.25) is 0 Å². The van der Waals surface area contributed by atoms with Crippen LogP contribution in [0.4, 0.5) is 0 Å². The van der Waals surface area contributed by atoms with Crippen molar-refractivity contribution in [3.05, 3.63) is 5.82 Å². The summed E-state index contributed by atoms with van der Waals surface area (Å²) in [4.78, 5) is 0.